The van der Waals surface area contributed by atoms with Gasteiger partial charge in [-0.05, 0) is 18.9 Å². The van der Waals surface area contributed by atoms with E-state index < -0.39 is 56.6 Å². The number of aromatic nitrogens is 4. The number of hydrogen-bond donors (Lipinski definition) is 1. The number of fused-ring (bicyclic) bond motifs is 1. The van der Waals surface area contributed by atoms with Crippen LogP contribution in [0.2, 0.25) is 0 Å². The first-order chi connectivity index (χ1) is 14.6. The van der Waals surface area contributed by atoms with Gasteiger partial charge in [-0.3, -0.25) is 4.57 Å². The molecule has 0 radical (unpaired) electrons. The molecule has 1 saturated carbocycles. The molecule has 1 aliphatic rings. The SMILES string of the molecule is N#CCn1c(=O)n(-c2nnc(C(F)F)s2)c2cc(S(=O)(=O)NC3(CF)CC3)c(F)cc21. The van der Waals surface area contributed by atoms with Crippen LogP contribution in [-0.4, -0.2) is 40.0 Å². The molecular weight excluding hydrogens is 464 g/mol. The van der Waals surface area contributed by atoms with Crippen LogP contribution in [0.5, 0.6) is 0 Å². The maximum Gasteiger partial charge on any atom is 0.336 e. The molecule has 0 atom stereocenters. The van der Waals surface area contributed by atoms with E-state index in [1.807, 2.05) is 0 Å². The molecule has 1 aromatic carbocycles. The van der Waals surface area contributed by atoms with Crippen molar-refractivity contribution in [3.8, 4) is 11.2 Å². The Morgan fingerprint density at radius 2 is 2.00 bits per heavy atom. The summed E-state index contributed by atoms with van der Waals surface area (Å²) >= 11 is 0.382. The second-order valence-electron chi connectivity index (χ2n) is 6.88. The van der Waals surface area contributed by atoms with Gasteiger partial charge >= 0.3 is 5.69 Å². The van der Waals surface area contributed by atoms with Crippen molar-refractivity contribution in [2.75, 3.05) is 6.67 Å². The van der Waals surface area contributed by atoms with E-state index in [2.05, 4.69) is 14.9 Å². The summed E-state index contributed by atoms with van der Waals surface area (Å²) in [6.07, 6.45) is -2.46. The van der Waals surface area contributed by atoms with E-state index in [0.29, 0.717) is 11.3 Å². The number of sulfonamides is 1. The smallest absolute Gasteiger partial charge is 0.278 e. The molecule has 15 heteroatoms. The van der Waals surface area contributed by atoms with Gasteiger partial charge in [0.2, 0.25) is 15.2 Å². The van der Waals surface area contributed by atoms with Crippen LogP contribution < -0.4 is 10.4 Å². The highest BCUT2D eigenvalue weighted by Crippen LogP contribution is 2.38. The lowest BCUT2D eigenvalue weighted by Gasteiger charge is -2.14. The van der Waals surface area contributed by atoms with Gasteiger partial charge in [0, 0.05) is 6.07 Å². The summed E-state index contributed by atoms with van der Waals surface area (Å²) in [5, 5.41) is 14.8. The highest BCUT2D eigenvalue weighted by molar-refractivity contribution is 7.89. The van der Waals surface area contributed by atoms with Crippen molar-refractivity contribution in [2.24, 2.45) is 0 Å². The summed E-state index contributed by atoms with van der Waals surface area (Å²) in [4.78, 5) is 11.9. The summed E-state index contributed by atoms with van der Waals surface area (Å²) < 4.78 is 82.8. The van der Waals surface area contributed by atoms with Crippen molar-refractivity contribution >= 4 is 32.4 Å². The number of benzene rings is 1. The highest BCUT2D eigenvalue weighted by atomic mass is 32.2. The minimum atomic E-state index is -4.52. The summed E-state index contributed by atoms with van der Waals surface area (Å²) in [5.74, 6) is -1.23. The van der Waals surface area contributed by atoms with Crippen LogP contribution in [0.4, 0.5) is 17.6 Å². The maximum absolute atomic E-state index is 14.7. The number of nitrogens with zero attached hydrogens (tertiary/aromatic N) is 5. The van der Waals surface area contributed by atoms with Crippen molar-refractivity contribution < 1.29 is 26.0 Å². The number of halogens is 4. The third kappa shape index (κ3) is 3.60. The molecule has 2 aromatic heterocycles. The molecule has 31 heavy (non-hydrogen) atoms. The quantitative estimate of drug-likeness (QED) is 0.521. The normalized spacial score (nSPS) is 15.5. The average molecular weight is 476 g/mol. The van der Waals surface area contributed by atoms with E-state index in [-0.39, 0.29) is 29.0 Å². The zero-order chi connectivity index (χ0) is 22.6. The van der Waals surface area contributed by atoms with Crippen molar-refractivity contribution in [1.29, 1.82) is 5.26 Å². The van der Waals surface area contributed by atoms with Crippen LogP contribution in [0.25, 0.3) is 16.2 Å². The van der Waals surface area contributed by atoms with E-state index in [0.717, 1.165) is 21.3 Å². The van der Waals surface area contributed by atoms with Crippen molar-refractivity contribution in [3.05, 3.63) is 33.4 Å². The molecule has 1 aliphatic carbocycles. The molecule has 0 spiro atoms. The Morgan fingerprint density at radius 3 is 2.55 bits per heavy atom. The van der Waals surface area contributed by atoms with Gasteiger partial charge in [-0.25, -0.2) is 40.1 Å². The third-order valence-corrected chi connectivity index (χ3v) is 7.28. The molecule has 1 fully saturated rings. The molecule has 0 saturated heterocycles. The maximum atomic E-state index is 14.7. The minimum Gasteiger partial charge on any atom is -0.278 e. The number of nitriles is 1. The van der Waals surface area contributed by atoms with E-state index in [1.54, 1.807) is 6.07 Å². The van der Waals surface area contributed by atoms with Crippen LogP contribution in [-0.2, 0) is 16.6 Å². The van der Waals surface area contributed by atoms with Crippen molar-refractivity contribution in [1.82, 2.24) is 24.1 Å². The van der Waals surface area contributed by atoms with Gasteiger partial charge in [0.15, 0.2) is 5.01 Å². The number of alkyl halides is 3. The number of hydrogen-bond acceptors (Lipinski definition) is 7. The van der Waals surface area contributed by atoms with Gasteiger partial charge in [-0.2, -0.15) is 5.26 Å². The second kappa shape index (κ2) is 7.39. The number of nitrogens with one attached hydrogen (secondary N) is 1. The molecular formula is C16H12F4N6O3S2. The molecule has 4 rings (SSSR count). The lowest BCUT2D eigenvalue weighted by molar-refractivity contribution is 0.150. The molecule has 0 amide bonds. The Bertz CT molecular complexity index is 1380. The summed E-state index contributed by atoms with van der Waals surface area (Å²) in [5.41, 5.74) is -2.55. The van der Waals surface area contributed by atoms with E-state index in [1.165, 1.54) is 0 Å². The van der Waals surface area contributed by atoms with Crippen LogP contribution in [0.1, 0.15) is 24.3 Å². The Kier molecular flexibility index (Phi) is 5.10. The fraction of sp³-hybridized carbons (Fsp3) is 0.375. The molecule has 0 bridgehead atoms. The zero-order valence-corrected chi connectivity index (χ0v) is 17.0. The van der Waals surface area contributed by atoms with Gasteiger partial charge in [0.05, 0.1) is 22.6 Å². The van der Waals surface area contributed by atoms with E-state index in [9.17, 15) is 30.8 Å². The fourth-order valence-electron chi connectivity index (χ4n) is 3.03. The minimum absolute atomic E-state index is 0.150. The van der Waals surface area contributed by atoms with E-state index >= 15 is 0 Å². The predicted molar refractivity (Wildman–Crippen MR) is 99.8 cm³/mol. The zero-order valence-electron chi connectivity index (χ0n) is 15.3. The third-order valence-electron chi connectivity index (χ3n) is 4.77. The standard InChI is InChI=1S/C16H12F4N6O3S2/c17-7-16(1-2-16)24-31(28,29)11-6-10-9(5-8(11)18)25(4-3-21)15(27)26(10)14-23-22-13(30-14)12(19)20/h5-6,12,24H,1-2,4,7H2. The number of imidazole rings is 1. The van der Waals surface area contributed by atoms with E-state index in [4.69, 9.17) is 5.26 Å². The first-order valence-electron chi connectivity index (χ1n) is 8.66. The lowest BCUT2D eigenvalue weighted by Crippen LogP contribution is -2.38. The topological polar surface area (TPSA) is 123 Å². The number of rotatable bonds is 7. The Morgan fingerprint density at radius 1 is 1.29 bits per heavy atom. The fourth-order valence-corrected chi connectivity index (χ4v) is 5.26. The molecule has 0 aliphatic heterocycles. The first kappa shape index (κ1) is 21.4. The monoisotopic (exact) mass is 476 g/mol. The Hall–Kier alpha value is -2.83. The van der Waals surface area contributed by atoms with Gasteiger partial charge in [0.25, 0.3) is 6.43 Å². The van der Waals surface area contributed by atoms with Crippen LogP contribution in [0.3, 0.4) is 0 Å². The largest absolute Gasteiger partial charge is 0.336 e. The Labute approximate surface area is 175 Å². The summed E-state index contributed by atoms with van der Waals surface area (Å²) in [7, 11) is -4.52. The molecule has 0 unspecified atom stereocenters. The highest BCUT2D eigenvalue weighted by Gasteiger charge is 2.47. The molecule has 3 aromatic rings. The second-order valence-corrected chi connectivity index (χ2v) is 9.51. The average Bonchev–Trinajstić information content (AvgIpc) is 3.19. The summed E-state index contributed by atoms with van der Waals surface area (Å²) in [6, 6.07) is 3.28. The van der Waals surface area contributed by atoms with Gasteiger partial charge in [-0.1, -0.05) is 11.3 Å². The lowest BCUT2D eigenvalue weighted by atomic mass is 10.3. The molecule has 2 heterocycles. The van der Waals surface area contributed by atoms with Crippen LogP contribution in [0, 0.1) is 17.1 Å². The van der Waals surface area contributed by atoms with Crippen LogP contribution >= 0.6 is 11.3 Å². The predicted octanol–water partition coefficient (Wildman–Crippen LogP) is 2.02. The molecule has 1 N–H and O–H groups in total. The first-order valence-corrected chi connectivity index (χ1v) is 11.0. The molecule has 9 nitrogen and oxygen atoms in total. The van der Waals surface area contributed by atoms with Gasteiger partial charge in [0.1, 0.15) is 23.9 Å². The van der Waals surface area contributed by atoms with Crippen LogP contribution in [0.15, 0.2) is 21.8 Å². The van der Waals surface area contributed by atoms with Gasteiger partial charge < -0.3 is 0 Å². The summed E-state index contributed by atoms with van der Waals surface area (Å²) in [6.45, 7) is -1.49. The molecule has 164 valence electrons. The van der Waals surface area contributed by atoms with Crippen molar-refractivity contribution in [2.45, 2.75) is 36.2 Å². The Balaban J connectivity index is 1.95. The van der Waals surface area contributed by atoms with Crippen molar-refractivity contribution in [3.63, 3.8) is 0 Å². The van der Waals surface area contributed by atoms with Gasteiger partial charge in [-0.15, -0.1) is 10.2 Å².